The summed E-state index contributed by atoms with van der Waals surface area (Å²) in [4.78, 5) is 11.4. The fourth-order valence-electron chi connectivity index (χ4n) is 1.29. The van der Waals surface area contributed by atoms with Gasteiger partial charge in [-0.2, -0.15) is 0 Å². The molecular weight excluding hydrogens is 240 g/mol. The number of benzene rings is 1. The number of nitrogens with two attached hydrogens (primary N) is 1. The zero-order chi connectivity index (χ0) is 12.8. The number of carbonyl (C=O) groups is 1. The van der Waals surface area contributed by atoms with Crippen molar-refractivity contribution in [2.45, 2.75) is 0 Å². The lowest BCUT2D eigenvalue weighted by molar-refractivity contribution is 0.0602. The molecule has 0 heterocycles. The minimum atomic E-state index is -0.838. The van der Waals surface area contributed by atoms with E-state index in [9.17, 15) is 9.00 Å². The molecular formula is C11H16N2O3S. The Kier molecular flexibility index (Phi) is 4.96. The second kappa shape index (κ2) is 6.24. The van der Waals surface area contributed by atoms with Crippen LogP contribution < -0.4 is 11.1 Å². The first kappa shape index (κ1) is 13.5. The van der Waals surface area contributed by atoms with Crippen molar-refractivity contribution in [1.29, 1.82) is 0 Å². The molecule has 0 fully saturated rings. The summed E-state index contributed by atoms with van der Waals surface area (Å²) in [5.74, 6) is 0.0861. The quantitative estimate of drug-likeness (QED) is 0.603. The molecule has 0 saturated carbocycles. The number of hydrogen-bond acceptors (Lipinski definition) is 5. The Labute approximate surface area is 103 Å². The van der Waals surface area contributed by atoms with Crippen molar-refractivity contribution >= 4 is 28.1 Å². The molecule has 0 spiro atoms. The van der Waals surface area contributed by atoms with E-state index in [4.69, 9.17) is 5.73 Å². The number of carbonyl (C=O) groups excluding carboxylic acids is 1. The lowest BCUT2D eigenvalue weighted by atomic mass is 10.1. The molecule has 1 aromatic rings. The van der Waals surface area contributed by atoms with Crippen LogP contribution in [-0.4, -0.2) is 35.8 Å². The van der Waals surface area contributed by atoms with Crippen molar-refractivity contribution in [2.24, 2.45) is 0 Å². The maximum absolute atomic E-state index is 11.4. The SMILES string of the molecule is COC(=O)c1cc(NCCS(C)=O)ccc1N. The fourth-order valence-corrected chi connectivity index (χ4v) is 1.68. The van der Waals surface area contributed by atoms with Crippen LogP contribution in [0.3, 0.4) is 0 Å². The van der Waals surface area contributed by atoms with Gasteiger partial charge >= 0.3 is 5.97 Å². The van der Waals surface area contributed by atoms with Crippen LogP contribution in [0.25, 0.3) is 0 Å². The van der Waals surface area contributed by atoms with Crippen LogP contribution in [0.5, 0.6) is 0 Å². The molecule has 17 heavy (non-hydrogen) atoms. The van der Waals surface area contributed by atoms with Crippen molar-refractivity contribution in [1.82, 2.24) is 0 Å². The summed E-state index contributed by atoms with van der Waals surface area (Å²) in [7, 11) is 0.469. The van der Waals surface area contributed by atoms with Crippen molar-refractivity contribution in [3.63, 3.8) is 0 Å². The summed E-state index contributed by atoms with van der Waals surface area (Å²) in [6.07, 6.45) is 1.64. The monoisotopic (exact) mass is 256 g/mol. The van der Waals surface area contributed by atoms with Gasteiger partial charge in [0.1, 0.15) is 0 Å². The third-order valence-electron chi connectivity index (χ3n) is 2.18. The van der Waals surface area contributed by atoms with Crippen LogP contribution in [0.15, 0.2) is 18.2 Å². The Morgan fingerprint density at radius 2 is 2.24 bits per heavy atom. The van der Waals surface area contributed by atoms with Gasteiger partial charge in [-0.05, 0) is 18.2 Å². The first-order valence-corrected chi connectivity index (χ1v) is 6.79. The molecule has 1 aromatic carbocycles. The van der Waals surface area contributed by atoms with E-state index in [2.05, 4.69) is 10.1 Å². The van der Waals surface area contributed by atoms with Gasteiger partial charge in [0.05, 0.1) is 12.7 Å². The maximum Gasteiger partial charge on any atom is 0.340 e. The van der Waals surface area contributed by atoms with E-state index in [0.29, 0.717) is 23.5 Å². The molecule has 5 nitrogen and oxygen atoms in total. The maximum atomic E-state index is 11.4. The molecule has 1 atom stereocenters. The van der Waals surface area contributed by atoms with Gasteiger partial charge in [0, 0.05) is 40.7 Å². The average Bonchev–Trinajstić information content (AvgIpc) is 2.30. The van der Waals surface area contributed by atoms with Crippen molar-refractivity contribution < 1.29 is 13.7 Å². The van der Waals surface area contributed by atoms with Crippen LogP contribution in [0.4, 0.5) is 11.4 Å². The van der Waals surface area contributed by atoms with Crippen LogP contribution in [0.2, 0.25) is 0 Å². The van der Waals surface area contributed by atoms with Gasteiger partial charge in [-0.25, -0.2) is 4.79 Å². The number of rotatable bonds is 5. The number of anilines is 2. The zero-order valence-corrected chi connectivity index (χ0v) is 10.7. The van der Waals surface area contributed by atoms with E-state index < -0.39 is 16.8 Å². The summed E-state index contributed by atoms with van der Waals surface area (Å²) in [5.41, 5.74) is 7.13. The highest BCUT2D eigenvalue weighted by Gasteiger charge is 2.10. The second-order valence-electron chi connectivity index (χ2n) is 3.50. The average molecular weight is 256 g/mol. The number of nitrogens with one attached hydrogen (secondary N) is 1. The zero-order valence-electron chi connectivity index (χ0n) is 9.86. The molecule has 94 valence electrons. The molecule has 1 unspecified atom stereocenters. The Balaban J connectivity index is 2.75. The standard InChI is InChI=1S/C11H16N2O3S/c1-16-11(14)9-7-8(3-4-10(9)12)13-5-6-17(2)15/h3-4,7,13H,5-6,12H2,1-2H3. The smallest absolute Gasteiger partial charge is 0.340 e. The molecule has 0 aromatic heterocycles. The van der Waals surface area contributed by atoms with Gasteiger partial charge in [0.15, 0.2) is 0 Å². The first-order valence-electron chi connectivity index (χ1n) is 5.06. The van der Waals surface area contributed by atoms with E-state index in [0.717, 1.165) is 5.69 Å². The van der Waals surface area contributed by atoms with E-state index in [1.165, 1.54) is 7.11 Å². The highest BCUT2D eigenvalue weighted by molar-refractivity contribution is 7.84. The van der Waals surface area contributed by atoms with E-state index in [1.54, 1.807) is 24.5 Å². The lowest BCUT2D eigenvalue weighted by Crippen LogP contribution is -2.11. The van der Waals surface area contributed by atoms with Crippen molar-refractivity contribution in [3.05, 3.63) is 23.8 Å². The van der Waals surface area contributed by atoms with Crippen LogP contribution in [0, 0.1) is 0 Å². The minimum absolute atomic E-state index is 0.329. The van der Waals surface area contributed by atoms with Gasteiger partial charge in [-0.3, -0.25) is 4.21 Å². The van der Waals surface area contributed by atoms with Gasteiger partial charge in [-0.15, -0.1) is 0 Å². The summed E-state index contributed by atoms with van der Waals surface area (Å²) in [6, 6.07) is 5.03. The molecule has 6 heteroatoms. The number of methoxy groups -OCH3 is 1. The number of esters is 1. The third-order valence-corrected chi connectivity index (χ3v) is 2.96. The molecule has 0 saturated heterocycles. The largest absolute Gasteiger partial charge is 0.465 e. The Hall–Kier alpha value is -1.56. The van der Waals surface area contributed by atoms with Crippen LogP contribution >= 0.6 is 0 Å². The summed E-state index contributed by atoms with van der Waals surface area (Å²) >= 11 is 0. The van der Waals surface area contributed by atoms with Gasteiger partial charge in [0.2, 0.25) is 0 Å². The molecule has 0 amide bonds. The highest BCUT2D eigenvalue weighted by Crippen LogP contribution is 2.18. The number of ether oxygens (including phenoxy) is 1. The Morgan fingerprint density at radius 3 is 2.82 bits per heavy atom. The van der Waals surface area contributed by atoms with Crippen molar-refractivity contribution in [2.75, 3.05) is 36.7 Å². The van der Waals surface area contributed by atoms with E-state index >= 15 is 0 Å². The van der Waals surface area contributed by atoms with Crippen molar-refractivity contribution in [3.8, 4) is 0 Å². The van der Waals surface area contributed by atoms with E-state index in [1.807, 2.05) is 0 Å². The summed E-state index contributed by atoms with van der Waals surface area (Å²) in [5, 5.41) is 3.07. The molecule has 1 rings (SSSR count). The molecule has 0 aliphatic heterocycles. The molecule has 0 radical (unpaired) electrons. The Bertz CT molecular complexity index is 435. The van der Waals surface area contributed by atoms with Crippen LogP contribution in [-0.2, 0) is 15.5 Å². The Morgan fingerprint density at radius 1 is 1.53 bits per heavy atom. The topological polar surface area (TPSA) is 81.4 Å². The molecule has 0 aliphatic rings. The minimum Gasteiger partial charge on any atom is -0.465 e. The van der Waals surface area contributed by atoms with Crippen LogP contribution in [0.1, 0.15) is 10.4 Å². The first-order chi connectivity index (χ1) is 8.04. The normalized spacial score (nSPS) is 11.9. The molecule has 0 aliphatic carbocycles. The van der Waals surface area contributed by atoms with E-state index in [-0.39, 0.29) is 0 Å². The second-order valence-corrected chi connectivity index (χ2v) is 5.05. The predicted octanol–water partition coefficient (Wildman–Crippen LogP) is 0.846. The predicted molar refractivity (Wildman–Crippen MR) is 69.6 cm³/mol. The fraction of sp³-hybridized carbons (Fsp3) is 0.364. The molecule has 3 N–H and O–H groups in total. The van der Waals surface area contributed by atoms with Gasteiger partial charge < -0.3 is 15.8 Å². The number of nitrogen functional groups attached to an aromatic ring is 1. The summed E-state index contributed by atoms with van der Waals surface area (Å²) in [6.45, 7) is 0.577. The molecule has 0 bridgehead atoms. The highest BCUT2D eigenvalue weighted by atomic mass is 32.2. The van der Waals surface area contributed by atoms with Gasteiger partial charge in [-0.1, -0.05) is 0 Å². The van der Waals surface area contributed by atoms with Gasteiger partial charge in [0.25, 0.3) is 0 Å². The lowest BCUT2D eigenvalue weighted by Gasteiger charge is -2.09. The number of hydrogen-bond donors (Lipinski definition) is 2. The third kappa shape index (κ3) is 4.07. The summed E-state index contributed by atoms with van der Waals surface area (Å²) < 4.78 is 15.5.